The SMILES string of the molecule is CS(=O)(=O)Nc1nc(CC(=O)N2CCC(C(=O)O)C2)cs1. The highest BCUT2D eigenvalue weighted by molar-refractivity contribution is 7.92. The van der Waals surface area contributed by atoms with Gasteiger partial charge in [0.1, 0.15) is 0 Å². The summed E-state index contributed by atoms with van der Waals surface area (Å²) in [6.07, 6.45) is 1.52. The number of carbonyl (C=O) groups is 2. The molecule has 1 atom stereocenters. The summed E-state index contributed by atoms with van der Waals surface area (Å²) in [7, 11) is -3.39. The summed E-state index contributed by atoms with van der Waals surface area (Å²) in [4.78, 5) is 28.4. The summed E-state index contributed by atoms with van der Waals surface area (Å²) in [5.41, 5.74) is 0.468. The molecular formula is C11H15N3O5S2. The monoisotopic (exact) mass is 333 g/mol. The Morgan fingerprint density at radius 1 is 1.57 bits per heavy atom. The maximum atomic E-state index is 12.0. The zero-order chi connectivity index (χ0) is 15.6. The van der Waals surface area contributed by atoms with E-state index in [2.05, 4.69) is 9.71 Å². The second kappa shape index (κ2) is 5.98. The Bertz CT molecular complexity index is 655. The Kier molecular flexibility index (Phi) is 4.47. The molecule has 0 saturated carbocycles. The van der Waals surface area contributed by atoms with Crippen LogP contribution in [0.5, 0.6) is 0 Å². The number of thiazole rings is 1. The Morgan fingerprint density at radius 3 is 2.86 bits per heavy atom. The lowest BCUT2D eigenvalue weighted by Crippen LogP contribution is -2.31. The molecule has 1 unspecified atom stereocenters. The number of carboxylic acid groups (broad SMARTS) is 1. The molecule has 21 heavy (non-hydrogen) atoms. The number of aliphatic carboxylic acids is 1. The molecule has 116 valence electrons. The van der Waals surface area contributed by atoms with Crippen LogP contribution in [0, 0.1) is 5.92 Å². The molecule has 8 nitrogen and oxygen atoms in total. The number of sulfonamides is 1. The first kappa shape index (κ1) is 15.7. The van der Waals surface area contributed by atoms with E-state index >= 15 is 0 Å². The van der Waals surface area contributed by atoms with Crippen LogP contribution in [-0.4, -0.2) is 54.6 Å². The molecule has 10 heteroatoms. The van der Waals surface area contributed by atoms with Gasteiger partial charge >= 0.3 is 5.97 Å². The van der Waals surface area contributed by atoms with E-state index in [-0.39, 0.29) is 24.0 Å². The maximum absolute atomic E-state index is 12.0. The van der Waals surface area contributed by atoms with Gasteiger partial charge in [-0.25, -0.2) is 13.4 Å². The van der Waals surface area contributed by atoms with E-state index in [0.29, 0.717) is 18.7 Å². The van der Waals surface area contributed by atoms with Crippen molar-refractivity contribution in [3.05, 3.63) is 11.1 Å². The minimum absolute atomic E-state index is 0.0360. The van der Waals surface area contributed by atoms with Crippen LogP contribution in [0.4, 0.5) is 5.13 Å². The summed E-state index contributed by atoms with van der Waals surface area (Å²) >= 11 is 1.10. The molecule has 0 spiro atoms. The van der Waals surface area contributed by atoms with E-state index in [1.165, 1.54) is 4.90 Å². The molecular weight excluding hydrogens is 318 g/mol. The normalized spacial score (nSPS) is 18.7. The number of amides is 1. The number of carbonyl (C=O) groups excluding carboxylic acids is 1. The van der Waals surface area contributed by atoms with Crippen molar-refractivity contribution in [3.8, 4) is 0 Å². The predicted octanol–water partition coefficient (Wildman–Crippen LogP) is -0.00980. The Labute approximate surface area is 125 Å². The minimum Gasteiger partial charge on any atom is -0.481 e. The molecule has 1 aromatic rings. The molecule has 0 aliphatic carbocycles. The minimum atomic E-state index is -3.39. The van der Waals surface area contributed by atoms with Crippen molar-refractivity contribution in [1.29, 1.82) is 0 Å². The average Bonchev–Trinajstić information content (AvgIpc) is 2.96. The van der Waals surface area contributed by atoms with Gasteiger partial charge in [-0.15, -0.1) is 11.3 Å². The maximum Gasteiger partial charge on any atom is 0.308 e. The fourth-order valence-electron chi connectivity index (χ4n) is 2.05. The Balaban J connectivity index is 1.93. The van der Waals surface area contributed by atoms with Crippen molar-refractivity contribution in [2.45, 2.75) is 12.8 Å². The van der Waals surface area contributed by atoms with Gasteiger partial charge in [0.05, 0.1) is 24.3 Å². The topological polar surface area (TPSA) is 117 Å². The second-order valence-corrected chi connectivity index (χ2v) is 7.47. The standard InChI is InChI=1S/C11H15N3O5S2/c1-21(18,19)13-11-12-8(6-20-11)4-9(15)14-3-2-7(5-14)10(16)17/h6-7H,2-5H2,1H3,(H,12,13)(H,16,17). The number of anilines is 1. The van der Waals surface area contributed by atoms with E-state index in [1.54, 1.807) is 5.38 Å². The molecule has 2 rings (SSSR count). The largest absolute Gasteiger partial charge is 0.481 e. The molecule has 0 bridgehead atoms. The first-order valence-electron chi connectivity index (χ1n) is 6.17. The summed E-state index contributed by atoms with van der Waals surface area (Å²) in [6, 6.07) is 0. The van der Waals surface area contributed by atoms with Crippen LogP contribution in [0.15, 0.2) is 5.38 Å². The highest BCUT2D eigenvalue weighted by atomic mass is 32.2. The van der Waals surface area contributed by atoms with Gasteiger partial charge in [0.15, 0.2) is 5.13 Å². The van der Waals surface area contributed by atoms with Crippen molar-refractivity contribution in [2.24, 2.45) is 5.92 Å². The molecule has 0 radical (unpaired) electrons. The van der Waals surface area contributed by atoms with Gasteiger partial charge in [0, 0.05) is 18.5 Å². The van der Waals surface area contributed by atoms with E-state index in [9.17, 15) is 18.0 Å². The summed E-state index contributed by atoms with van der Waals surface area (Å²) < 4.78 is 24.4. The number of hydrogen-bond acceptors (Lipinski definition) is 6. The zero-order valence-corrected chi connectivity index (χ0v) is 12.9. The molecule has 1 saturated heterocycles. The van der Waals surface area contributed by atoms with Gasteiger partial charge in [0.25, 0.3) is 0 Å². The molecule has 2 heterocycles. The van der Waals surface area contributed by atoms with Crippen LogP contribution >= 0.6 is 11.3 Å². The molecule has 1 amide bonds. The highest BCUT2D eigenvalue weighted by Crippen LogP contribution is 2.20. The van der Waals surface area contributed by atoms with Crippen molar-refractivity contribution in [1.82, 2.24) is 9.88 Å². The van der Waals surface area contributed by atoms with Gasteiger partial charge in [0.2, 0.25) is 15.9 Å². The van der Waals surface area contributed by atoms with Gasteiger partial charge in [-0.3, -0.25) is 14.3 Å². The number of nitrogens with zero attached hydrogens (tertiary/aromatic N) is 2. The Hall–Kier alpha value is -1.68. The van der Waals surface area contributed by atoms with E-state index in [0.717, 1.165) is 17.6 Å². The quantitative estimate of drug-likeness (QED) is 0.783. The molecule has 1 aliphatic heterocycles. The summed E-state index contributed by atoms with van der Waals surface area (Å²) in [5.74, 6) is -1.60. The lowest BCUT2D eigenvalue weighted by Gasteiger charge is -2.14. The third kappa shape index (κ3) is 4.39. The van der Waals surface area contributed by atoms with E-state index in [4.69, 9.17) is 5.11 Å². The number of aromatic nitrogens is 1. The van der Waals surface area contributed by atoms with E-state index < -0.39 is 21.9 Å². The van der Waals surface area contributed by atoms with Crippen LogP contribution in [0.2, 0.25) is 0 Å². The number of hydrogen-bond donors (Lipinski definition) is 2. The number of carboxylic acids is 1. The van der Waals surface area contributed by atoms with Crippen molar-refractivity contribution in [3.63, 3.8) is 0 Å². The third-order valence-electron chi connectivity index (χ3n) is 3.05. The third-order valence-corrected chi connectivity index (χ3v) is 4.55. The molecule has 1 aromatic heterocycles. The first-order chi connectivity index (χ1) is 9.74. The van der Waals surface area contributed by atoms with Crippen LogP contribution in [-0.2, 0) is 26.0 Å². The van der Waals surface area contributed by atoms with E-state index in [1.807, 2.05) is 0 Å². The van der Waals surface area contributed by atoms with Crippen molar-refractivity contribution < 1.29 is 23.1 Å². The lowest BCUT2D eigenvalue weighted by atomic mass is 10.1. The molecule has 2 N–H and O–H groups in total. The second-order valence-electron chi connectivity index (χ2n) is 4.86. The smallest absolute Gasteiger partial charge is 0.308 e. The van der Waals surface area contributed by atoms with Crippen LogP contribution < -0.4 is 4.72 Å². The van der Waals surface area contributed by atoms with Crippen molar-refractivity contribution >= 4 is 38.4 Å². The average molecular weight is 333 g/mol. The van der Waals surface area contributed by atoms with Gasteiger partial charge < -0.3 is 10.0 Å². The predicted molar refractivity (Wildman–Crippen MR) is 76.6 cm³/mol. The summed E-state index contributed by atoms with van der Waals surface area (Å²) in [5, 5.41) is 10.7. The van der Waals surface area contributed by atoms with Gasteiger partial charge in [-0.1, -0.05) is 0 Å². The number of rotatable bonds is 5. The Morgan fingerprint density at radius 2 is 2.29 bits per heavy atom. The highest BCUT2D eigenvalue weighted by Gasteiger charge is 2.30. The zero-order valence-electron chi connectivity index (χ0n) is 11.3. The van der Waals surface area contributed by atoms with Gasteiger partial charge in [-0.05, 0) is 6.42 Å². The first-order valence-corrected chi connectivity index (χ1v) is 8.94. The molecule has 1 fully saturated rings. The van der Waals surface area contributed by atoms with Crippen LogP contribution in [0.25, 0.3) is 0 Å². The van der Waals surface area contributed by atoms with Crippen molar-refractivity contribution in [2.75, 3.05) is 24.1 Å². The molecule has 0 aromatic carbocycles. The fourth-order valence-corrected chi connectivity index (χ4v) is 3.61. The molecule has 1 aliphatic rings. The van der Waals surface area contributed by atoms with Crippen LogP contribution in [0.3, 0.4) is 0 Å². The number of nitrogens with one attached hydrogen (secondary N) is 1. The lowest BCUT2D eigenvalue weighted by molar-refractivity contribution is -0.141. The van der Waals surface area contributed by atoms with Gasteiger partial charge in [-0.2, -0.15) is 0 Å². The van der Waals surface area contributed by atoms with Crippen LogP contribution in [0.1, 0.15) is 12.1 Å². The number of likely N-dealkylation sites (tertiary alicyclic amines) is 1. The summed E-state index contributed by atoms with van der Waals surface area (Å²) in [6.45, 7) is 0.640. The fraction of sp³-hybridized carbons (Fsp3) is 0.545.